The van der Waals surface area contributed by atoms with E-state index in [2.05, 4.69) is 20.4 Å². The first-order valence-corrected chi connectivity index (χ1v) is 13.9. The maximum absolute atomic E-state index is 14.9. The fraction of sp³-hybridized carbons (Fsp3) is 0.536. The number of hydrogen-bond acceptors (Lipinski definition) is 9. The van der Waals surface area contributed by atoms with Crippen LogP contribution < -0.4 is 15.8 Å². The average Bonchev–Trinajstić information content (AvgIpc) is 3.49. The van der Waals surface area contributed by atoms with E-state index in [1.165, 1.54) is 24.5 Å². The number of nitrogens with one attached hydrogen (secondary N) is 1. The van der Waals surface area contributed by atoms with Gasteiger partial charge in [0.15, 0.2) is 5.82 Å². The maximum Gasteiger partial charge on any atom is 0.410 e. The van der Waals surface area contributed by atoms with E-state index >= 15 is 0 Å². The van der Waals surface area contributed by atoms with Crippen LogP contribution in [-0.4, -0.2) is 98.4 Å². The standard InChI is InChI=1S/C28H35F3N8O4/c1-27(2,3)43-26(41)38-13-19(29)20(14-38)36-24(40)18-9-16(11-33-25(18)42-4)21-10-17(22-23(32)34-15-35-39(21)22)12-37-7-5-28(30,31)6-8-37/h9-11,15,19-20H,5-8,12-14H2,1-4H3,(H,36,40)(H2,32,34,35)/t19-,20+/m0/s1. The zero-order chi connectivity index (χ0) is 31.1. The number of piperidine rings is 1. The van der Waals surface area contributed by atoms with E-state index in [0.717, 1.165) is 5.56 Å². The van der Waals surface area contributed by atoms with Crippen molar-refractivity contribution in [2.75, 3.05) is 39.0 Å². The minimum absolute atomic E-state index is 0.0168. The molecule has 0 bridgehead atoms. The molecule has 3 N–H and O–H groups in total. The highest BCUT2D eigenvalue weighted by Crippen LogP contribution is 2.33. The Bertz CT molecular complexity index is 1520. The lowest BCUT2D eigenvalue weighted by molar-refractivity contribution is -0.0565. The van der Waals surface area contributed by atoms with Crippen LogP contribution in [0.1, 0.15) is 49.5 Å². The molecule has 0 aromatic carbocycles. The van der Waals surface area contributed by atoms with Gasteiger partial charge in [-0.05, 0) is 38.5 Å². The first-order valence-electron chi connectivity index (χ1n) is 13.9. The summed E-state index contributed by atoms with van der Waals surface area (Å²) in [5.41, 5.74) is 7.77. The van der Waals surface area contributed by atoms with Gasteiger partial charge in [-0.15, -0.1) is 0 Å². The minimum Gasteiger partial charge on any atom is -0.480 e. The van der Waals surface area contributed by atoms with E-state index in [1.54, 1.807) is 31.4 Å². The summed E-state index contributed by atoms with van der Waals surface area (Å²) in [7, 11) is 1.36. The number of aromatic nitrogens is 4. The first-order chi connectivity index (χ1) is 20.2. The Morgan fingerprint density at radius 2 is 1.88 bits per heavy atom. The zero-order valence-electron chi connectivity index (χ0n) is 24.4. The molecule has 5 rings (SSSR count). The molecule has 0 aliphatic carbocycles. The Hall–Kier alpha value is -4.14. The molecule has 0 spiro atoms. The third-order valence-electron chi connectivity index (χ3n) is 7.44. The summed E-state index contributed by atoms with van der Waals surface area (Å²) < 4.78 is 54.6. The lowest BCUT2D eigenvalue weighted by Gasteiger charge is -2.31. The van der Waals surface area contributed by atoms with Gasteiger partial charge in [-0.1, -0.05) is 0 Å². The normalized spacial score (nSPS) is 20.8. The number of nitrogens with two attached hydrogens (primary N) is 1. The number of nitrogens with zero attached hydrogens (tertiary/aromatic N) is 6. The van der Waals surface area contributed by atoms with Crippen molar-refractivity contribution in [3.8, 4) is 17.1 Å². The Kier molecular flexibility index (Phi) is 8.11. The van der Waals surface area contributed by atoms with Gasteiger partial charge in [-0.25, -0.2) is 32.4 Å². The molecule has 232 valence electrons. The van der Waals surface area contributed by atoms with Crippen LogP contribution in [0.3, 0.4) is 0 Å². The molecule has 3 aromatic heterocycles. The molecule has 2 aliphatic rings. The summed E-state index contributed by atoms with van der Waals surface area (Å²) in [5.74, 6) is -3.09. The van der Waals surface area contributed by atoms with Gasteiger partial charge in [0.2, 0.25) is 5.88 Å². The van der Waals surface area contributed by atoms with E-state index in [-0.39, 0.29) is 56.3 Å². The van der Waals surface area contributed by atoms with Crippen molar-refractivity contribution in [1.29, 1.82) is 0 Å². The summed E-state index contributed by atoms with van der Waals surface area (Å²) in [5, 5.41) is 7.00. The van der Waals surface area contributed by atoms with Crippen molar-refractivity contribution < 1.29 is 32.2 Å². The van der Waals surface area contributed by atoms with E-state index in [4.69, 9.17) is 15.2 Å². The highest BCUT2D eigenvalue weighted by molar-refractivity contribution is 5.98. The highest BCUT2D eigenvalue weighted by Gasteiger charge is 2.39. The van der Waals surface area contributed by atoms with Crippen molar-refractivity contribution in [3.63, 3.8) is 0 Å². The number of anilines is 1. The number of halogens is 3. The number of amides is 2. The number of pyridine rings is 1. The molecule has 2 saturated heterocycles. The SMILES string of the molecule is COc1ncc(-c2cc(CN3CCC(F)(F)CC3)c3c(N)ncnn23)cc1C(=O)N[C@@H]1CN(C(=O)OC(C)(C)C)C[C@@H]1F. The molecule has 15 heteroatoms. The molecule has 43 heavy (non-hydrogen) atoms. The topological polar surface area (TPSA) is 140 Å². The van der Waals surface area contributed by atoms with Gasteiger partial charge >= 0.3 is 6.09 Å². The molecule has 0 saturated carbocycles. The third-order valence-corrected chi connectivity index (χ3v) is 7.44. The van der Waals surface area contributed by atoms with Crippen molar-refractivity contribution in [1.82, 2.24) is 34.7 Å². The monoisotopic (exact) mass is 604 g/mol. The molecule has 0 radical (unpaired) electrons. The second-order valence-electron chi connectivity index (χ2n) is 11.9. The molecular formula is C28H35F3N8O4. The number of hydrogen-bond donors (Lipinski definition) is 2. The smallest absolute Gasteiger partial charge is 0.410 e. The number of carbonyl (C=O) groups excluding carboxylic acids is 2. The molecule has 0 unspecified atom stereocenters. The summed E-state index contributed by atoms with van der Waals surface area (Å²) in [6.07, 6.45) is 0.163. The largest absolute Gasteiger partial charge is 0.480 e. The predicted octanol–water partition coefficient (Wildman–Crippen LogP) is 3.30. The van der Waals surface area contributed by atoms with E-state index in [0.29, 0.717) is 23.3 Å². The van der Waals surface area contributed by atoms with Gasteiger partial charge in [0.1, 0.15) is 29.2 Å². The van der Waals surface area contributed by atoms with Crippen LogP contribution >= 0.6 is 0 Å². The zero-order valence-corrected chi connectivity index (χ0v) is 24.4. The number of carbonyl (C=O) groups is 2. The van der Waals surface area contributed by atoms with Crippen LogP contribution in [-0.2, 0) is 11.3 Å². The minimum atomic E-state index is -2.67. The Morgan fingerprint density at radius 1 is 1.16 bits per heavy atom. The lowest BCUT2D eigenvalue weighted by atomic mass is 10.1. The van der Waals surface area contributed by atoms with Crippen molar-refractivity contribution in [3.05, 3.63) is 35.8 Å². The Labute approximate surface area is 246 Å². The molecule has 5 heterocycles. The van der Waals surface area contributed by atoms with Crippen LogP contribution in [0.4, 0.5) is 23.8 Å². The van der Waals surface area contributed by atoms with Gasteiger partial charge in [0.05, 0.1) is 25.4 Å². The first kappa shape index (κ1) is 30.3. The molecular weight excluding hydrogens is 569 g/mol. The number of alkyl halides is 3. The van der Waals surface area contributed by atoms with Gasteiger partial charge in [0, 0.05) is 50.8 Å². The van der Waals surface area contributed by atoms with Crippen LogP contribution in [0.2, 0.25) is 0 Å². The van der Waals surface area contributed by atoms with Crippen LogP contribution in [0.15, 0.2) is 24.7 Å². The quantitative estimate of drug-likeness (QED) is 0.434. The average molecular weight is 605 g/mol. The second kappa shape index (κ2) is 11.5. The molecule has 2 atom stereocenters. The highest BCUT2D eigenvalue weighted by atomic mass is 19.3. The van der Waals surface area contributed by atoms with Crippen LogP contribution in [0, 0.1) is 0 Å². The van der Waals surface area contributed by atoms with Gasteiger partial charge in [-0.3, -0.25) is 9.69 Å². The van der Waals surface area contributed by atoms with Gasteiger partial charge in [-0.2, -0.15) is 5.10 Å². The van der Waals surface area contributed by atoms with E-state index in [9.17, 15) is 22.8 Å². The van der Waals surface area contributed by atoms with Gasteiger partial charge < -0.3 is 25.4 Å². The van der Waals surface area contributed by atoms with Crippen molar-refractivity contribution >= 4 is 23.3 Å². The summed E-state index contributed by atoms with van der Waals surface area (Å²) in [4.78, 5) is 37.4. The number of ether oxygens (including phenoxy) is 2. The van der Waals surface area contributed by atoms with E-state index < -0.39 is 35.7 Å². The summed E-state index contributed by atoms with van der Waals surface area (Å²) >= 11 is 0. The number of nitrogen functional groups attached to an aromatic ring is 1. The van der Waals surface area contributed by atoms with Crippen LogP contribution in [0.25, 0.3) is 16.8 Å². The molecule has 2 amide bonds. The summed E-state index contributed by atoms with van der Waals surface area (Å²) in [6.45, 7) is 5.66. The molecule has 2 fully saturated rings. The van der Waals surface area contributed by atoms with E-state index in [1.807, 2.05) is 11.0 Å². The van der Waals surface area contributed by atoms with Crippen molar-refractivity contribution in [2.24, 2.45) is 0 Å². The van der Waals surface area contributed by atoms with Crippen molar-refractivity contribution in [2.45, 2.75) is 63.9 Å². The van der Waals surface area contributed by atoms with Gasteiger partial charge in [0.25, 0.3) is 11.8 Å². The second-order valence-corrected chi connectivity index (χ2v) is 11.9. The molecule has 3 aromatic rings. The lowest BCUT2D eigenvalue weighted by Crippen LogP contribution is -2.42. The number of fused-ring (bicyclic) bond motifs is 1. The molecule has 2 aliphatic heterocycles. The predicted molar refractivity (Wildman–Crippen MR) is 151 cm³/mol. The van der Waals surface area contributed by atoms with Crippen LogP contribution in [0.5, 0.6) is 5.88 Å². The Balaban J connectivity index is 1.40. The number of likely N-dealkylation sites (tertiary alicyclic amines) is 2. The fourth-order valence-electron chi connectivity index (χ4n) is 5.29. The fourth-order valence-corrected chi connectivity index (χ4v) is 5.29. The third kappa shape index (κ3) is 6.60. The molecule has 12 nitrogen and oxygen atoms in total. The number of methoxy groups -OCH3 is 1. The number of rotatable bonds is 6. The Morgan fingerprint density at radius 3 is 2.56 bits per heavy atom. The summed E-state index contributed by atoms with van der Waals surface area (Å²) in [6, 6.07) is 2.38. The maximum atomic E-state index is 14.9.